The smallest absolute Gasteiger partial charge is 0.251 e. The normalized spacial score (nSPS) is 17.3. The van der Waals surface area contributed by atoms with E-state index in [1.807, 2.05) is 30.3 Å². The predicted molar refractivity (Wildman–Crippen MR) is 117 cm³/mol. The van der Waals surface area contributed by atoms with E-state index in [0.717, 1.165) is 50.0 Å². The van der Waals surface area contributed by atoms with Crippen LogP contribution in [0.2, 0.25) is 5.02 Å². The highest BCUT2D eigenvalue weighted by atomic mass is 35.5. The Bertz CT molecular complexity index is 1020. The van der Waals surface area contributed by atoms with Gasteiger partial charge in [0.25, 0.3) is 5.91 Å². The van der Waals surface area contributed by atoms with Crippen LogP contribution in [0.4, 0.5) is 0 Å². The van der Waals surface area contributed by atoms with Gasteiger partial charge in [0.05, 0.1) is 6.10 Å². The number of carbonyl (C=O) groups excluding carboxylic acids is 1. The van der Waals surface area contributed by atoms with Crippen LogP contribution in [0.1, 0.15) is 41.1 Å². The summed E-state index contributed by atoms with van der Waals surface area (Å²) in [6.07, 6.45) is 3.10. The number of nitrogens with one attached hydrogen (secondary N) is 1. The average Bonchev–Trinajstić information content (AvgIpc) is 3.12. The number of aromatic nitrogens is 1. The number of carbonyl (C=O) groups is 1. The summed E-state index contributed by atoms with van der Waals surface area (Å²) in [6.45, 7) is 3.23. The summed E-state index contributed by atoms with van der Waals surface area (Å²) in [5.74, 6) is 0.469. The number of fused-ring (bicyclic) bond motifs is 1. The van der Waals surface area contributed by atoms with Crippen molar-refractivity contribution in [2.24, 2.45) is 0 Å². The van der Waals surface area contributed by atoms with Gasteiger partial charge in [-0.15, -0.1) is 0 Å². The molecule has 4 rings (SSSR count). The number of oxazole rings is 1. The molecule has 1 amide bonds. The van der Waals surface area contributed by atoms with E-state index in [1.54, 1.807) is 12.1 Å². The molecule has 1 fully saturated rings. The highest BCUT2D eigenvalue weighted by molar-refractivity contribution is 6.30. The minimum absolute atomic E-state index is 0.122. The summed E-state index contributed by atoms with van der Waals surface area (Å²) in [4.78, 5) is 19.2. The zero-order chi connectivity index (χ0) is 20.9. The molecule has 0 bridgehead atoms. The fourth-order valence-corrected chi connectivity index (χ4v) is 4.06. The van der Waals surface area contributed by atoms with Gasteiger partial charge in [-0.25, -0.2) is 4.98 Å². The molecule has 0 saturated carbocycles. The van der Waals surface area contributed by atoms with Crippen LogP contribution in [0, 0.1) is 0 Å². The van der Waals surface area contributed by atoms with Gasteiger partial charge in [-0.1, -0.05) is 23.7 Å². The van der Waals surface area contributed by atoms with Gasteiger partial charge in [0.15, 0.2) is 11.5 Å². The van der Waals surface area contributed by atoms with E-state index in [2.05, 4.69) is 15.2 Å². The number of likely N-dealkylation sites (tertiary alicyclic amines) is 1. The van der Waals surface area contributed by atoms with Crippen LogP contribution in [0.3, 0.4) is 0 Å². The third-order valence-corrected chi connectivity index (χ3v) is 5.59. The predicted octanol–water partition coefficient (Wildman–Crippen LogP) is 3.65. The van der Waals surface area contributed by atoms with Crippen molar-refractivity contribution in [2.75, 3.05) is 26.2 Å². The second-order valence-electron chi connectivity index (χ2n) is 7.80. The Labute approximate surface area is 180 Å². The first kappa shape index (κ1) is 20.8. The minimum atomic E-state index is -0.217. The van der Waals surface area contributed by atoms with Gasteiger partial charge in [0.1, 0.15) is 5.52 Å². The molecule has 1 aliphatic heterocycles. The van der Waals surface area contributed by atoms with E-state index in [-0.39, 0.29) is 12.0 Å². The van der Waals surface area contributed by atoms with Crippen molar-refractivity contribution in [3.63, 3.8) is 0 Å². The number of halogens is 1. The van der Waals surface area contributed by atoms with Crippen molar-refractivity contribution >= 4 is 28.6 Å². The third kappa shape index (κ3) is 5.39. The zero-order valence-electron chi connectivity index (χ0n) is 16.8. The quantitative estimate of drug-likeness (QED) is 0.563. The first-order chi connectivity index (χ1) is 14.6. The maximum atomic E-state index is 12.5. The number of aliphatic hydroxyl groups excluding tert-OH is 1. The summed E-state index contributed by atoms with van der Waals surface area (Å²) in [7, 11) is 0. The number of β-amino-alcohol motifs (C(OH)–C–C–N with tert-alkyl or cyclic N) is 1. The van der Waals surface area contributed by atoms with E-state index in [4.69, 9.17) is 16.0 Å². The Morgan fingerprint density at radius 2 is 2.20 bits per heavy atom. The average molecular weight is 428 g/mol. The van der Waals surface area contributed by atoms with Crippen molar-refractivity contribution in [1.82, 2.24) is 15.2 Å². The van der Waals surface area contributed by atoms with Crippen LogP contribution in [0.5, 0.6) is 0 Å². The Morgan fingerprint density at radius 3 is 3.03 bits per heavy atom. The fraction of sp³-hybridized carbons (Fsp3) is 0.391. The molecule has 2 N–H and O–H groups in total. The highest BCUT2D eigenvalue weighted by Gasteiger charge is 2.17. The van der Waals surface area contributed by atoms with E-state index in [9.17, 15) is 9.90 Å². The van der Waals surface area contributed by atoms with Crippen LogP contribution in [-0.4, -0.2) is 53.2 Å². The molecule has 30 heavy (non-hydrogen) atoms. The van der Waals surface area contributed by atoms with Gasteiger partial charge >= 0.3 is 0 Å². The van der Waals surface area contributed by atoms with Gasteiger partial charge < -0.3 is 19.7 Å². The van der Waals surface area contributed by atoms with Gasteiger partial charge in [-0.2, -0.15) is 0 Å². The van der Waals surface area contributed by atoms with Crippen molar-refractivity contribution in [3.05, 3.63) is 64.5 Å². The molecule has 158 valence electrons. The molecular weight excluding hydrogens is 402 g/mol. The molecule has 0 aliphatic carbocycles. The Kier molecular flexibility index (Phi) is 6.67. The number of aliphatic hydroxyl groups is 1. The van der Waals surface area contributed by atoms with E-state index in [1.165, 1.54) is 0 Å². The lowest BCUT2D eigenvalue weighted by atomic mass is 10.1. The number of benzene rings is 2. The SMILES string of the molecule is O=C(NCCCN1CCC[C@H](O)C1)c1ccc2nc(Cc3cccc(Cl)c3)oc2c1. The largest absolute Gasteiger partial charge is 0.440 e. The van der Waals surface area contributed by atoms with Crippen molar-refractivity contribution in [3.8, 4) is 0 Å². The summed E-state index contributed by atoms with van der Waals surface area (Å²) in [5.41, 5.74) is 2.91. The summed E-state index contributed by atoms with van der Waals surface area (Å²) in [5, 5.41) is 13.4. The van der Waals surface area contributed by atoms with Gasteiger partial charge in [0.2, 0.25) is 0 Å². The highest BCUT2D eigenvalue weighted by Crippen LogP contribution is 2.21. The standard InChI is InChI=1S/C23H26ClN3O3/c24-18-5-1-4-16(12-18)13-22-26-20-8-7-17(14-21(20)30-22)23(29)25-9-3-11-27-10-2-6-19(28)15-27/h1,4-5,7-8,12,14,19,28H,2-3,6,9-11,13,15H2,(H,25,29)/t19-/m0/s1. The molecule has 0 spiro atoms. The summed E-state index contributed by atoms with van der Waals surface area (Å²) < 4.78 is 5.85. The molecule has 2 aromatic carbocycles. The second kappa shape index (κ2) is 9.60. The molecular formula is C23H26ClN3O3. The van der Waals surface area contributed by atoms with Gasteiger partial charge in [-0.3, -0.25) is 4.79 Å². The molecule has 1 aliphatic rings. The zero-order valence-corrected chi connectivity index (χ0v) is 17.6. The lowest BCUT2D eigenvalue weighted by Gasteiger charge is -2.29. The van der Waals surface area contributed by atoms with Gasteiger partial charge in [-0.05, 0) is 68.2 Å². The fourth-order valence-electron chi connectivity index (χ4n) is 3.85. The Morgan fingerprint density at radius 1 is 1.30 bits per heavy atom. The van der Waals surface area contributed by atoms with E-state index >= 15 is 0 Å². The number of nitrogens with zero attached hydrogens (tertiary/aromatic N) is 2. The molecule has 3 aromatic rings. The Balaban J connectivity index is 1.32. The molecule has 1 saturated heterocycles. The maximum absolute atomic E-state index is 12.5. The lowest BCUT2D eigenvalue weighted by molar-refractivity contribution is 0.0697. The maximum Gasteiger partial charge on any atom is 0.251 e. The van der Waals surface area contributed by atoms with Crippen molar-refractivity contribution in [1.29, 1.82) is 0 Å². The molecule has 1 atom stereocenters. The molecule has 1 aromatic heterocycles. The number of amides is 1. The summed E-state index contributed by atoms with van der Waals surface area (Å²) in [6, 6.07) is 12.9. The number of hydrogen-bond donors (Lipinski definition) is 2. The number of piperidine rings is 1. The van der Waals surface area contributed by atoms with Crippen LogP contribution in [-0.2, 0) is 6.42 Å². The molecule has 2 heterocycles. The van der Waals surface area contributed by atoms with Crippen LogP contribution < -0.4 is 5.32 Å². The molecule has 6 nitrogen and oxygen atoms in total. The van der Waals surface area contributed by atoms with Crippen LogP contribution in [0.25, 0.3) is 11.1 Å². The first-order valence-electron chi connectivity index (χ1n) is 10.4. The van der Waals surface area contributed by atoms with E-state index in [0.29, 0.717) is 35.0 Å². The lowest BCUT2D eigenvalue weighted by Crippen LogP contribution is -2.39. The van der Waals surface area contributed by atoms with Crippen LogP contribution >= 0.6 is 11.6 Å². The van der Waals surface area contributed by atoms with E-state index < -0.39 is 0 Å². The minimum Gasteiger partial charge on any atom is -0.440 e. The third-order valence-electron chi connectivity index (χ3n) is 5.36. The Hall–Kier alpha value is -2.41. The second-order valence-corrected chi connectivity index (χ2v) is 8.24. The molecule has 7 heteroatoms. The topological polar surface area (TPSA) is 78.6 Å². The summed E-state index contributed by atoms with van der Waals surface area (Å²) >= 11 is 6.04. The number of rotatable bonds is 7. The molecule has 0 radical (unpaired) electrons. The van der Waals surface area contributed by atoms with Gasteiger partial charge in [0, 0.05) is 30.1 Å². The number of hydrogen-bond acceptors (Lipinski definition) is 5. The monoisotopic (exact) mass is 427 g/mol. The van der Waals surface area contributed by atoms with Crippen molar-refractivity contribution in [2.45, 2.75) is 31.8 Å². The molecule has 0 unspecified atom stereocenters. The first-order valence-corrected chi connectivity index (χ1v) is 10.8. The van der Waals surface area contributed by atoms with Crippen LogP contribution in [0.15, 0.2) is 46.9 Å². The van der Waals surface area contributed by atoms with Crippen molar-refractivity contribution < 1.29 is 14.3 Å².